The van der Waals surface area contributed by atoms with E-state index in [0.29, 0.717) is 5.65 Å². The van der Waals surface area contributed by atoms with E-state index in [4.69, 9.17) is 10.0 Å². The number of aromatic nitrogens is 2. The fourth-order valence-corrected chi connectivity index (χ4v) is 1.13. The molecule has 66 valence electrons. The summed E-state index contributed by atoms with van der Waals surface area (Å²) >= 11 is 0. The van der Waals surface area contributed by atoms with Crippen molar-refractivity contribution in [2.24, 2.45) is 0 Å². The van der Waals surface area contributed by atoms with Gasteiger partial charge in [0.2, 0.25) is 0 Å². The summed E-state index contributed by atoms with van der Waals surface area (Å²) < 4.78 is 13.0. The van der Waals surface area contributed by atoms with Crippen LogP contribution in [0.4, 0.5) is 4.39 Å². The topological polar surface area (TPSA) is 69.1 Å². The molecule has 0 unspecified atom stereocenters. The molecule has 0 aromatic carbocycles. The zero-order valence-corrected chi connectivity index (χ0v) is 6.53. The largest absolute Gasteiger partial charge is 0.490 e. The van der Waals surface area contributed by atoms with Crippen molar-refractivity contribution in [2.45, 2.75) is 0 Å². The van der Waals surface area contributed by atoms with E-state index in [9.17, 15) is 4.39 Å². The van der Waals surface area contributed by atoms with Gasteiger partial charge in [-0.15, -0.1) is 0 Å². The first-order valence-corrected chi connectivity index (χ1v) is 3.67. The summed E-state index contributed by atoms with van der Waals surface area (Å²) in [6.45, 7) is 0. The average molecular weight is 180 g/mol. The molecule has 0 amide bonds. The Hall–Kier alpha value is -1.40. The predicted octanol–water partition coefficient (Wildman–Crippen LogP) is -0.618. The Morgan fingerprint density at radius 3 is 2.92 bits per heavy atom. The van der Waals surface area contributed by atoms with Gasteiger partial charge in [-0.05, 0) is 6.07 Å². The fourth-order valence-electron chi connectivity index (χ4n) is 1.13. The minimum absolute atomic E-state index is 0.172. The van der Waals surface area contributed by atoms with Gasteiger partial charge in [-0.2, -0.15) is 0 Å². The highest BCUT2D eigenvalue weighted by atomic mass is 19.1. The molecule has 0 fully saturated rings. The van der Waals surface area contributed by atoms with Crippen LogP contribution in [0.3, 0.4) is 0 Å². The molecular formula is C7H6BFN2O2. The van der Waals surface area contributed by atoms with Crippen LogP contribution in [0.2, 0.25) is 0 Å². The molecule has 4 nitrogen and oxygen atoms in total. The first-order valence-electron chi connectivity index (χ1n) is 3.67. The third-order valence-electron chi connectivity index (χ3n) is 1.80. The highest BCUT2D eigenvalue weighted by Crippen LogP contribution is 2.11. The third-order valence-corrected chi connectivity index (χ3v) is 1.80. The van der Waals surface area contributed by atoms with Crippen molar-refractivity contribution < 1.29 is 14.4 Å². The first-order chi connectivity index (χ1) is 6.18. The molecule has 2 heterocycles. The highest BCUT2D eigenvalue weighted by Gasteiger charge is 2.13. The maximum absolute atomic E-state index is 13.0. The van der Waals surface area contributed by atoms with Crippen molar-refractivity contribution in [3.8, 4) is 0 Å². The van der Waals surface area contributed by atoms with Gasteiger partial charge in [0.05, 0.1) is 5.39 Å². The van der Waals surface area contributed by atoms with Crippen LogP contribution in [-0.2, 0) is 0 Å². The van der Waals surface area contributed by atoms with Crippen molar-refractivity contribution in [1.29, 1.82) is 0 Å². The summed E-state index contributed by atoms with van der Waals surface area (Å²) in [5.41, 5.74) is 0.563. The summed E-state index contributed by atoms with van der Waals surface area (Å²) in [7, 11) is -1.62. The Balaban J connectivity index is 2.66. The van der Waals surface area contributed by atoms with Crippen molar-refractivity contribution in [1.82, 2.24) is 9.97 Å². The van der Waals surface area contributed by atoms with E-state index in [1.165, 1.54) is 18.5 Å². The van der Waals surface area contributed by atoms with Gasteiger partial charge in [-0.1, -0.05) is 0 Å². The summed E-state index contributed by atoms with van der Waals surface area (Å²) in [6, 6.07) is 1.35. The zero-order chi connectivity index (χ0) is 9.42. The van der Waals surface area contributed by atoms with E-state index in [1.54, 1.807) is 0 Å². The molecule has 0 bridgehead atoms. The van der Waals surface area contributed by atoms with Gasteiger partial charge in [0.1, 0.15) is 11.5 Å². The average Bonchev–Trinajstić information content (AvgIpc) is 2.47. The lowest BCUT2D eigenvalue weighted by Gasteiger charge is -1.97. The molecule has 2 rings (SSSR count). The van der Waals surface area contributed by atoms with E-state index in [2.05, 4.69) is 9.97 Å². The van der Waals surface area contributed by atoms with Crippen molar-refractivity contribution in [3.05, 3.63) is 24.3 Å². The van der Waals surface area contributed by atoms with Crippen LogP contribution < -0.4 is 5.46 Å². The molecule has 2 aromatic heterocycles. The molecule has 0 saturated heterocycles. The second-order valence-corrected chi connectivity index (χ2v) is 2.68. The molecule has 0 aliphatic carbocycles. The minimum atomic E-state index is -1.62. The number of fused-ring (bicyclic) bond motifs is 1. The van der Waals surface area contributed by atoms with E-state index < -0.39 is 12.9 Å². The van der Waals surface area contributed by atoms with Crippen LogP contribution in [0.5, 0.6) is 0 Å². The monoisotopic (exact) mass is 180 g/mol. The van der Waals surface area contributed by atoms with Crippen molar-refractivity contribution in [3.63, 3.8) is 0 Å². The number of nitrogens with one attached hydrogen (secondary N) is 1. The van der Waals surface area contributed by atoms with Crippen LogP contribution in [0.25, 0.3) is 11.0 Å². The molecule has 13 heavy (non-hydrogen) atoms. The van der Waals surface area contributed by atoms with Crippen LogP contribution in [0.1, 0.15) is 0 Å². The molecule has 0 spiro atoms. The number of H-pyrrole nitrogens is 1. The Morgan fingerprint density at radius 1 is 1.46 bits per heavy atom. The minimum Gasteiger partial charge on any atom is -0.423 e. The third kappa shape index (κ3) is 1.30. The standard InChI is InChI=1S/C7H6BFN2O2/c9-6-3-11-7-5(6)1-4(2-10-7)8(12)13/h1-3,12-13H,(H,10,11). The van der Waals surface area contributed by atoms with E-state index in [-0.39, 0.29) is 10.8 Å². The molecule has 0 atom stereocenters. The molecule has 3 N–H and O–H groups in total. The smallest absolute Gasteiger partial charge is 0.423 e. The summed E-state index contributed by atoms with van der Waals surface area (Å²) in [5, 5.41) is 17.8. The van der Waals surface area contributed by atoms with Crippen molar-refractivity contribution >= 4 is 23.6 Å². The lowest BCUT2D eigenvalue weighted by Crippen LogP contribution is -2.29. The lowest BCUT2D eigenvalue weighted by molar-refractivity contribution is 0.425. The van der Waals surface area contributed by atoms with Crippen LogP contribution >= 0.6 is 0 Å². The van der Waals surface area contributed by atoms with Gasteiger partial charge >= 0.3 is 7.12 Å². The summed E-state index contributed by atoms with van der Waals surface area (Å²) in [6.07, 6.45) is 2.45. The number of hydrogen-bond donors (Lipinski definition) is 3. The van der Waals surface area contributed by atoms with E-state index >= 15 is 0 Å². The van der Waals surface area contributed by atoms with Gasteiger partial charge in [0, 0.05) is 17.9 Å². The summed E-state index contributed by atoms with van der Waals surface area (Å²) in [5.74, 6) is -0.454. The normalized spacial score (nSPS) is 10.7. The molecule has 0 aliphatic heterocycles. The SMILES string of the molecule is OB(O)c1cnc2[nH]cc(F)c2c1. The number of halogens is 1. The van der Waals surface area contributed by atoms with E-state index in [0.717, 1.165) is 0 Å². The van der Waals surface area contributed by atoms with Gasteiger partial charge in [0.15, 0.2) is 0 Å². The van der Waals surface area contributed by atoms with Crippen LogP contribution in [0.15, 0.2) is 18.5 Å². The molecule has 6 heteroatoms. The highest BCUT2D eigenvalue weighted by molar-refractivity contribution is 6.58. The number of aromatic amines is 1. The Kier molecular flexibility index (Phi) is 1.79. The van der Waals surface area contributed by atoms with Gasteiger partial charge in [-0.25, -0.2) is 9.37 Å². The number of hydrogen-bond acceptors (Lipinski definition) is 3. The molecule has 0 aliphatic rings. The lowest BCUT2D eigenvalue weighted by atomic mass is 9.81. The number of rotatable bonds is 1. The Labute approximate surface area is 73.2 Å². The number of nitrogens with zero attached hydrogens (tertiary/aromatic N) is 1. The second kappa shape index (κ2) is 2.83. The van der Waals surface area contributed by atoms with E-state index in [1.807, 2.05) is 0 Å². The second-order valence-electron chi connectivity index (χ2n) is 2.68. The quantitative estimate of drug-likeness (QED) is 0.512. The molecule has 2 aromatic rings. The van der Waals surface area contributed by atoms with Crippen LogP contribution in [0, 0.1) is 5.82 Å². The maximum atomic E-state index is 13.0. The first kappa shape index (κ1) is 8.21. The summed E-state index contributed by atoms with van der Waals surface area (Å²) in [4.78, 5) is 6.41. The van der Waals surface area contributed by atoms with Gasteiger partial charge < -0.3 is 15.0 Å². The Morgan fingerprint density at radius 2 is 2.23 bits per heavy atom. The maximum Gasteiger partial charge on any atom is 0.490 e. The fraction of sp³-hybridized carbons (Fsp3) is 0. The predicted molar refractivity (Wildman–Crippen MR) is 45.9 cm³/mol. The molecule has 0 saturated carbocycles. The number of pyridine rings is 1. The zero-order valence-electron chi connectivity index (χ0n) is 6.53. The van der Waals surface area contributed by atoms with Crippen molar-refractivity contribution in [2.75, 3.05) is 0 Å². The van der Waals surface area contributed by atoms with Crippen LogP contribution in [-0.4, -0.2) is 27.1 Å². The molecular weight excluding hydrogens is 174 g/mol. The van der Waals surface area contributed by atoms with Gasteiger partial charge in [-0.3, -0.25) is 0 Å². The molecule has 0 radical (unpaired) electrons. The Bertz CT molecular complexity index is 443. The van der Waals surface area contributed by atoms with Gasteiger partial charge in [0.25, 0.3) is 0 Å².